The number of benzene rings is 1. The summed E-state index contributed by atoms with van der Waals surface area (Å²) in [5.74, 6) is -0.609. The number of ether oxygens (including phenoxy) is 1. The summed E-state index contributed by atoms with van der Waals surface area (Å²) in [7, 11) is -4.13. The molecule has 2 N–H and O–H groups in total. The highest BCUT2D eigenvalue weighted by molar-refractivity contribution is 7.91. The summed E-state index contributed by atoms with van der Waals surface area (Å²) < 4.78 is 48.8. The molecule has 1 aliphatic rings. The highest BCUT2D eigenvalue weighted by atomic mass is 32.2. The van der Waals surface area contributed by atoms with Gasteiger partial charge in [0.1, 0.15) is 16.1 Å². The van der Waals surface area contributed by atoms with E-state index in [4.69, 9.17) is 10.5 Å². The van der Waals surface area contributed by atoms with Crippen molar-refractivity contribution < 1.29 is 22.1 Å². The van der Waals surface area contributed by atoms with Crippen molar-refractivity contribution in [1.82, 2.24) is 9.38 Å². The predicted molar refractivity (Wildman–Crippen MR) is 114 cm³/mol. The average molecular weight is 455 g/mol. The Morgan fingerprint density at radius 2 is 2.00 bits per heavy atom. The van der Waals surface area contributed by atoms with Crippen molar-refractivity contribution in [3.8, 4) is 0 Å². The zero-order valence-electron chi connectivity index (χ0n) is 16.9. The molecule has 3 aromatic heterocycles. The molecule has 1 fully saturated rings. The normalized spacial score (nSPS) is 16.7. The van der Waals surface area contributed by atoms with Crippen LogP contribution < -0.4 is 15.9 Å². The van der Waals surface area contributed by atoms with E-state index < -0.39 is 21.2 Å². The van der Waals surface area contributed by atoms with Gasteiger partial charge in [0.25, 0.3) is 11.2 Å². The molecule has 0 amide bonds. The lowest BCUT2D eigenvalue weighted by Crippen LogP contribution is -2.45. The van der Waals surface area contributed by atoms with Crippen LogP contribution in [0.15, 0.2) is 69.3 Å². The molecule has 1 aromatic carbocycles. The van der Waals surface area contributed by atoms with E-state index >= 15 is 0 Å². The molecule has 0 radical (unpaired) electrons. The monoisotopic (exact) mass is 455 g/mol. The van der Waals surface area contributed by atoms with Gasteiger partial charge in [-0.15, -0.1) is 0 Å². The zero-order valence-corrected chi connectivity index (χ0v) is 17.8. The first-order valence-corrected chi connectivity index (χ1v) is 11.6. The second kappa shape index (κ2) is 7.64. The number of rotatable bonds is 4. The standard InChI is InChI=1S/C22H19FN4O4S/c23-14-6-8-16(9-7-14)32(29,30)18-12-17-21(25-19-5-1-2-10-26(19)22(17)28)27(20(18)24)13-15-4-3-11-31-15/h1-2,5-10,12,15,24H,3-4,11,13H2/p+1/t15-/m1/s1. The molecule has 0 saturated carbocycles. The molecule has 1 saturated heterocycles. The van der Waals surface area contributed by atoms with Gasteiger partial charge < -0.3 is 10.5 Å². The molecule has 4 aromatic rings. The van der Waals surface area contributed by atoms with Crippen molar-refractivity contribution in [3.63, 3.8) is 0 Å². The Labute approximate surface area is 182 Å². The van der Waals surface area contributed by atoms with Crippen LogP contribution in [0.5, 0.6) is 0 Å². The van der Waals surface area contributed by atoms with Gasteiger partial charge in [-0.2, -0.15) is 0 Å². The third-order valence-electron chi connectivity index (χ3n) is 5.65. The van der Waals surface area contributed by atoms with Crippen LogP contribution in [0, 0.1) is 5.82 Å². The minimum atomic E-state index is -4.13. The number of sulfone groups is 1. The first kappa shape index (κ1) is 20.5. The van der Waals surface area contributed by atoms with Gasteiger partial charge in [-0.3, -0.25) is 9.20 Å². The van der Waals surface area contributed by atoms with Gasteiger partial charge in [0, 0.05) is 12.8 Å². The number of fused-ring (bicyclic) bond motifs is 2. The molecule has 1 atom stereocenters. The van der Waals surface area contributed by atoms with Gasteiger partial charge in [-0.1, -0.05) is 11.1 Å². The van der Waals surface area contributed by atoms with E-state index in [1.54, 1.807) is 24.4 Å². The number of nitrogen functional groups attached to an aromatic ring is 1. The molecule has 1 aliphatic heterocycles. The summed E-state index contributed by atoms with van der Waals surface area (Å²) >= 11 is 0. The van der Waals surface area contributed by atoms with Crippen LogP contribution >= 0.6 is 0 Å². The molecule has 5 rings (SSSR count). The maximum absolute atomic E-state index is 13.4. The molecule has 0 spiro atoms. The van der Waals surface area contributed by atoms with Gasteiger partial charge in [0.15, 0.2) is 0 Å². The highest BCUT2D eigenvalue weighted by Gasteiger charge is 2.31. The van der Waals surface area contributed by atoms with Crippen LogP contribution in [0.25, 0.3) is 16.7 Å². The van der Waals surface area contributed by atoms with Gasteiger partial charge >= 0.3 is 0 Å². The predicted octanol–water partition coefficient (Wildman–Crippen LogP) is 1.87. The number of anilines is 1. The Hall–Kier alpha value is -3.37. The van der Waals surface area contributed by atoms with Crippen LogP contribution in [0.3, 0.4) is 0 Å². The molecule has 164 valence electrons. The molecule has 0 unspecified atom stereocenters. The zero-order chi connectivity index (χ0) is 22.5. The second-order valence-electron chi connectivity index (χ2n) is 7.68. The van der Waals surface area contributed by atoms with Gasteiger partial charge in [-0.05, 0) is 55.3 Å². The summed E-state index contributed by atoms with van der Waals surface area (Å²) in [6.07, 6.45) is 3.06. The molecule has 0 bridgehead atoms. The molecular weight excluding hydrogens is 435 g/mol. The molecule has 8 nitrogen and oxygen atoms in total. The summed E-state index contributed by atoms with van der Waals surface area (Å²) in [6.45, 7) is 0.861. The fourth-order valence-corrected chi connectivity index (χ4v) is 5.41. The number of hydrogen-bond acceptors (Lipinski definition) is 6. The van der Waals surface area contributed by atoms with Crippen molar-refractivity contribution in [3.05, 3.63) is 70.9 Å². The molecule has 10 heteroatoms. The summed E-state index contributed by atoms with van der Waals surface area (Å²) in [4.78, 5) is 17.5. The largest absolute Gasteiger partial charge is 0.375 e. The Balaban J connectivity index is 1.83. The molecule has 4 heterocycles. The smallest absolute Gasteiger partial charge is 0.278 e. The second-order valence-corrected chi connectivity index (χ2v) is 9.60. The van der Waals surface area contributed by atoms with Crippen LogP contribution in [-0.2, 0) is 21.1 Å². The number of aromatic nitrogens is 3. The maximum atomic E-state index is 13.4. The van der Waals surface area contributed by atoms with E-state index in [-0.39, 0.29) is 39.3 Å². The van der Waals surface area contributed by atoms with Gasteiger partial charge in [0.2, 0.25) is 21.3 Å². The van der Waals surface area contributed by atoms with Crippen molar-refractivity contribution >= 4 is 32.3 Å². The summed E-state index contributed by atoms with van der Waals surface area (Å²) in [5.41, 5.74) is 6.67. The SMILES string of the molecule is Nc1c(S(=O)(=O)c2ccc(F)cc2)cc2c(=O)n3ccccc3nc2[n+]1C[C@H]1CCCO1. The minimum absolute atomic E-state index is 0.0514. The van der Waals surface area contributed by atoms with E-state index in [0.717, 1.165) is 25.0 Å². The number of nitrogens with zero attached hydrogens (tertiary/aromatic N) is 3. The van der Waals surface area contributed by atoms with Crippen LogP contribution in [-0.4, -0.2) is 30.5 Å². The molecule has 0 aliphatic carbocycles. The van der Waals surface area contributed by atoms with E-state index in [1.165, 1.54) is 27.2 Å². The summed E-state index contributed by atoms with van der Waals surface area (Å²) in [6, 6.07) is 10.9. The van der Waals surface area contributed by atoms with Crippen LogP contribution in [0.1, 0.15) is 12.8 Å². The fourth-order valence-electron chi connectivity index (χ4n) is 4.01. The maximum Gasteiger partial charge on any atom is 0.278 e. The third-order valence-corrected chi connectivity index (χ3v) is 7.45. The Kier molecular flexibility index (Phi) is 4.90. The van der Waals surface area contributed by atoms with Crippen LogP contribution in [0.4, 0.5) is 10.2 Å². The van der Waals surface area contributed by atoms with E-state index in [1.807, 2.05) is 0 Å². The van der Waals surface area contributed by atoms with Crippen molar-refractivity contribution in [2.24, 2.45) is 0 Å². The van der Waals surface area contributed by atoms with Gasteiger partial charge in [-0.25, -0.2) is 17.4 Å². The lowest BCUT2D eigenvalue weighted by atomic mass is 10.2. The first-order chi connectivity index (χ1) is 15.4. The lowest BCUT2D eigenvalue weighted by molar-refractivity contribution is -0.667. The number of halogens is 1. The number of pyridine rings is 2. The minimum Gasteiger partial charge on any atom is -0.375 e. The average Bonchev–Trinajstić information content (AvgIpc) is 3.29. The Morgan fingerprint density at radius 3 is 2.72 bits per heavy atom. The fraction of sp³-hybridized carbons (Fsp3) is 0.227. The first-order valence-electron chi connectivity index (χ1n) is 10.1. The molecular formula is C22H20FN4O4S+. The van der Waals surface area contributed by atoms with E-state index in [9.17, 15) is 17.6 Å². The quantitative estimate of drug-likeness (QED) is 0.286. The van der Waals surface area contributed by atoms with Crippen LogP contribution in [0.2, 0.25) is 0 Å². The van der Waals surface area contributed by atoms with Crippen molar-refractivity contribution in [2.45, 2.75) is 35.3 Å². The van der Waals surface area contributed by atoms with Gasteiger partial charge in [0.05, 0.1) is 17.5 Å². The summed E-state index contributed by atoms with van der Waals surface area (Å²) in [5, 5.41) is 0.113. The Bertz CT molecular complexity index is 1510. The van der Waals surface area contributed by atoms with E-state index in [2.05, 4.69) is 4.98 Å². The number of nitrogens with two attached hydrogens (primary N) is 1. The number of hydrogen-bond donors (Lipinski definition) is 1. The third kappa shape index (κ3) is 3.32. The van der Waals surface area contributed by atoms with Crippen molar-refractivity contribution in [1.29, 1.82) is 0 Å². The Morgan fingerprint density at radius 1 is 1.22 bits per heavy atom. The van der Waals surface area contributed by atoms with E-state index in [0.29, 0.717) is 12.3 Å². The van der Waals surface area contributed by atoms with Crippen molar-refractivity contribution in [2.75, 3.05) is 12.3 Å². The molecule has 32 heavy (non-hydrogen) atoms. The highest BCUT2D eigenvalue weighted by Crippen LogP contribution is 2.27. The topological polar surface area (TPSA) is 108 Å². The lowest BCUT2D eigenvalue weighted by Gasteiger charge is -2.15.